The molecule has 0 fully saturated rings. The maximum absolute atomic E-state index is 5.77. The van der Waals surface area contributed by atoms with Crippen molar-refractivity contribution in [2.24, 2.45) is 0 Å². The minimum Gasteiger partial charge on any atom is -0.471 e. The van der Waals surface area contributed by atoms with Crippen LogP contribution in [-0.2, 0) is 11.2 Å². The Morgan fingerprint density at radius 2 is 2.00 bits per heavy atom. The van der Waals surface area contributed by atoms with Crippen LogP contribution in [0.15, 0.2) is 49.4 Å². The van der Waals surface area contributed by atoms with Crippen molar-refractivity contribution in [3.05, 3.63) is 60.0 Å². The predicted octanol–water partition coefficient (Wildman–Crippen LogP) is 3.95. The second kappa shape index (κ2) is 5.51. The average molecular weight is 209 g/mol. The Morgan fingerprint density at radius 1 is 1.36 bits per heavy atom. The number of ether oxygens (including phenoxy) is 1. The third-order valence-corrected chi connectivity index (χ3v) is 2.11. The number of allylic oxidation sites excluding steroid dienone is 1. The van der Waals surface area contributed by atoms with Crippen LogP contribution in [0.25, 0.3) is 0 Å². The normalized spacial score (nSPS) is 9.50. The van der Waals surface area contributed by atoms with Crippen molar-refractivity contribution in [2.75, 3.05) is 0 Å². The van der Waals surface area contributed by atoms with E-state index in [1.54, 1.807) is 0 Å². The van der Waals surface area contributed by atoms with Crippen LogP contribution >= 0.6 is 11.6 Å². The van der Waals surface area contributed by atoms with Crippen molar-refractivity contribution < 1.29 is 4.74 Å². The van der Waals surface area contributed by atoms with Gasteiger partial charge in [0.2, 0.25) is 0 Å². The Morgan fingerprint density at radius 3 is 2.57 bits per heavy atom. The molecule has 0 spiro atoms. The summed E-state index contributed by atoms with van der Waals surface area (Å²) in [7, 11) is 0. The van der Waals surface area contributed by atoms with E-state index in [4.69, 9.17) is 16.3 Å². The molecule has 1 rings (SSSR count). The minimum absolute atomic E-state index is 0.731. The molecule has 0 amide bonds. The molecule has 2 heteroatoms. The summed E-state index contributed by atoms with van der Waals surface area (Å²) in [5.41, 5.74) is 1.23. The van der Waals surface area contributed by atoms with E-state index in [9.17, 15) is 0 Å². The number of halogens is 1. The number of rotatable bonds is 5. The Labute approximate surface area is 89.7 Å². The fourth-order valence-corrected chi connectivity index (χ4v) is 1.24. The fourth-order valence-electron chi connectivity index (χ4n) is 1.11. The fraction of sp³-hybridized carbons (Fsp3) is 0.167. The van der Waals surface area contributed by atoms with Crippen LogP contribution in [0, 0.1) is 0 Å². The Balaban J connectivity index is 2.41. The van der Waals surface area contributed by atoms with Crippen molar-refractivity contribution in [2.45, 2.75) is 12.8 Å². The van der Waals surface area contributed by atoms with Gasteiger partial charge < -0.3 is 4.74 Å². The molecule has 0 radical (unpaired) electrons. The van der Waals surface area contributed by atoms with E-state index in [1.165, 1.54) is 11.8 Å². The summed E-state index contributed by atoms with van der Waals surface area (Å²) in [5, 5.41) is 0.759. The first-order chi connectivity index (χ1) is 6.72. The van der Waals surface area contributed by atoms with Crippen molar-refractivity contribution in [3.8, 4) is 0 Å². The van der Waals surface area contributed by atoms with Gasteiger partial charge in [-0.1, -0.05) is 36.9 Å². The van der Waals surface area contributed by atoms with Crippen LogP contribution in [0.4, 0.5) is 0 Å². The van der Waals surface area contributed by atoms with Crippen molar-refractivity contribution in [3.63, 3.8) is 0 Å². The van der Waals surface area contributed by atoms with Gasteiger partial charge in [0.05, 0.1) is 12.0 Å². The minimum atomic E-state index is 0.731. The molecule has 1 aromatic rings. The molecule has 0 saturated carbocycles. The molecule has 0 N–H and O–H groups in total. The number of aryl methyl sites for hydroxylation is 1. The highest BCUT2D eigenvalue weighted by Gasteiger charge is 1.96. The van der Waals surface area contributed by atoms with Gasteiger partial charge in [0.15, 0.2) is 0 Å². The van der Waals surface area contributed by atoms with Gasteiger partial charge in [0.1, 0.15) is 0 Å². The van der Waals surface area contributed by atoms with Gasteiger partial charge in [-0.15, -0.1) is 0 Å². The maximum Gasteiger partial charge on any atom is 0.0963 e. The molecule has 0 unspecified atom stereocenters. The van der Waals surface area contributed by atoms with Gasteiger partial charge >= 0.3 is 0 Å². The van der Waals surface area contributed by atoms with E-state index in [1.807, 2.05) is 24.3 Å². The lowest BCUT2D eigenvalue weighted by atomic mass is 10.1. The monoisotopic (exact) mass is 208 g/mol. The lowest BCUT2D eigenvalue weighted by Crippen LogP contribution is -1.89. The molecule has 0 bridgehead atoms. The first-order valence-electron chi connectivity index (χ1n) is 4.42. The van der Waals surface area contributed by atoms with Gasteiger partial charge in [-0.3, -0.25) is 0 Å². The Bertz CT molecular complexity index is 314. The van der Waals surface area contributed by atoms with E-state index < -0.39 is 0 Å². The largest absolute Gasteiger partial charge is 0.471 e. The Hall–Kier alpha value is -1.21. The van der Waals surface area contributed by atoms with Crippen LogP contribution < -0.4 is 0 Å². The lowest BCUT2D eigenvalue weighted by molar-refractivity contribution is 0.337. The van der Waals surface area contributed by atoms with Crippen LogP contribution in [0.3, 0.4) is 0 Å². The summed E-state index contributed by atoms with van der Waals surface area (Å²) < 4.78 is 5.03. The highest BCUT2D eigenvalue weighted by atomic mass is 35.5. The van der Waals surface area contributed by atoms with Crippen LogP contribution in [0.1, 0.15) is 12.0 Å². The summed E-state index contributed by atoms with van der Waals surface area (Å²) in [4.78, 5) is 0. The van der Waals surface area contributed by atoms with Gasteiger partial charge in [0, 0.05) is 11.4 Å². The maximum atomic E-state index is 5.77. The van der Waals surface area contributed by atoms with Crippen LogP contribution in [-0.4, -0.2) is 0 Å². The molecule has 0 atom stereocenters. The quantitative estimate of drug-likeness (QED) is 0.666. The standard InChI is InChI=1S/C12H13ClO/c1-3-14-10(2)4-5-11-6-8-12(13)9-7-11/h3,6-9H,1-2,4-5H2. The Kier molecular flexibility index (Phi) is 4.27. The molecule has 1 aromatic carbocycles. The van der Waals surface area contributed by atoms with Crippen LogP contribution in [0.2, 0.25) is 5.02 Å². The third kappa shape index (κ3) is 3.67. The van der Waals surface area contributed by atoms with Gasteiger partial charge in [0.25, 0.3) is 0 Å². The number of hydrogen-bond acceptors (Lipinski definition) is 1. The molecule has 0 saturated heterocycles. The van der Waals surface area contributed by atoms with Crippen molar-refractivity contribution >= 4 is 11.6 Å². The summed E-state index contributed by atoms with van der Waals surface area (Å²) in [6, 6.07) is 7.77. The second-order valence-electron chi connectivity index (χ2n) is 2.95. The van der Waals surface area contributed by atoms with E-state index in [-0.39, 0.29) is 0 Å². The first-order valence-corrected chi connectivity index (χ1v) is 4.80. The zero-order chi connectivity index (χ0) is 10.4. The van der Waals surface area contributed by atoms with Gasteiger partial charge in [-0.2, -0.15) is 0 Å². The smallest absolute Gasteiger partial charge is 0.0963 e. The summed E-state index contributed by atoms with van der Waals surface area (Å²) >= 11 is 5.77. The van der Waals surface area contributed by atoms with Crippen molar-refractivity contribution in [1.82, 2.24) is 0 Å². The lowest BCUT2D eigenvalue weighted by Gasteiger charge is -2.04. The summed E-state index contributed by atoms with van der Waals surface area (Å²) in [6.07, 6.45) is 3.10. The molecule has 0 aromatic heterocycles. The molecular formula is C12H13ClO. The summed E-state index contributed by atoms with van der Waals surface area (Å²) in [6.45, 7) is 7.22. The SMILES string of the molecule is C=COC(=C)CCc1ccc(Cl)cc1. The molecule has 0 aliphatic rings. The number of benzene rings is 1. The van der Waals surface area contributed by atoms with E-state index in [2.05, 4.69) is 13.2 Å². The predicted molar refractivity (Wildman–Crippen MR) is 60.2 cm³/mol. The first kappa shape index (κ1) is 10.9. The van der Waals surface area contributed by atoms with E-state index in [0.717, 1.165) is 23.6 Å². The highest BCUT2D eigenvalue weighted by molar-refractivity contribution is 6.30. The number of hydrogen-bond donors (Lipinski definition) is 0. The molecule has 14 heavy (non-hydrogen) atoms. The van der Waals surface area contributed by atoms with Crippen molar-refractivity contribution in [1.29, 1.82) is 0 Å². The zero-order valence-corrected chi connectivity index (χ0v) is 8.76. The zero-order valence-electron chi connectivity index (χ0n) is 8.00. The molecule has 0 aliphatic carbocycles. The topological polar surface area (TPSA) is 9.23 Å². The average Bonchev–Trinajstić information content (AvgIpc) is 2.17. The summed E-state index contributed by atoms with van der Waals surface area (Å²) in [5.74, 6) is 0.731. The second-order valence-corrected chi connectivity index (χ2v) is 3.39. The highest BCUT2D eigenvalue weighted by Crippen LogP contribution is 2.13. The molecule has 74 valence electrons. The van der Waals surface area contributed by atoms with Gasteiger partial charge in [-0.25, -0.2) is 0 Å². The molecule has 1 nitrogen and oxygen atoms in total. The van der Waals surface area contributed by atoms with Crippen LogP contribution in [0.5, 0.6) is 0 Å². The molecule has 0 aliphatic heterocycles. The van der Waals surface area contributed by atoms with E-state index in [0.29, 0.717) is 0 Å². The van der Waals surface area contributed by atoms with E-state index >= 15 is 0 Å². The molecule has 0 heterocycles. The van der Waals surface area contributed by atoms with Gasteiger partial charge in [-0.05, 0) is 24.1 Å². The third-order valence-electron chi connectivity index (χ3n) is 1.86. The molecular weight excluding hydrogens is 196 g/mol.